The van der Waals surface area contributed by atoms with Crippen molar-refractivity contribution in [3.8, 4) is 0 Å². The number of carbonyl (C=O) groups is 3. The number of piperidine rings is 1. The van der Waals surface area contributed by atoms with E-state index in [1.54, 1.807) is 11.1 Å². The van der Waals surface area contributed by atoms with E-state index in [0.29, 0.717) is 37.7 Å². The van der Waals surface area contributed by atoms with Crippen molar-refractivity contribution in [3.05, 3.63) is 18.3 Å². The lowest BCUT2D eigenvalue weighted by Crippen LogP contribution is -2.51. The van der Waals surface area contributed by atoms with Gasteiger partial charge in [-0.3, -0.25) is 19.9 Å². The molecule has 1 N–H and O–H groups in total. The molecule has 0 spiro atoms. The standard InChI is InChI=1S/C24H36N6O4.C2H6.H2/c1-24(2,3)34-23(33)29-14-12-27(13-15-29)17-18-6-9-28(10-7-18)20-5-4-19(16-25-20)30-11-8-21(31)26-22(30)32;1-2;/h4-5,16,18H,6-15,17H2,1-3H3,(H,26,31,32);1-2H3;1H. The van der Waals surface area contributed by atoms with Crippen molar-refractivity contribution in [2.24, 2.45) is 5.92 Å². The highest BCUT2D eigenvalue weighted by Gasteiger charge is 2.29. The SMILES string of the molecule is CC.CC(C)(C)OC(=O)N1CCN(CC2CCN(c3ccc(N4CCC(=O)NC4=O)cn3)CC2)CC1.[HH]. The van der Waals surface area contributed by atoms with Crippen LogP contribution in [0.25, 0.3) is 0 Å². The van der Waals surface area contributed by atoms with Gasteiger partial charge in [-0.25, -0.2) is 14.6 Å². The lowest BCUT2D eigenvalue weighted by atomic mass is 9.96. The number of aromatic nitrogens is 1. The first-order valence-corrected chi connectivity index (χ1v) is 13.2. The summed E-state index contributed by atoms with van der Waals surface area (Å²) in [6, 6.07) is 3.46. The van der Waals surface area contributed by atoms with Crippen molar-refractivity contribution in [3.63, 3.8) is 0 Å². The van der Waals surface area contributed by atoms with Crippen LogP contribution in [0.3, 0.4) is 0 Å². The van der Waals surface area contributed by atoms with Gasteiger partial charge in [-0.05, 0) is 51.7 Å². The van der Waals surface area contributed by atoms with Crippen LogP contribution in [0, 0.1) is 5.92 Å². The normalized spacial score (nSPS) is 20.0. The molecule has 3 saturated heterocycles. The molecule has 1 aromatic heterocycles. The van der Waals surface area contributed by atoms with Crippen molar-refractivity contribution in [2.75, 3.05) is 62.2 Å². The van der Waals surface area contributed by atoms with Crippen LogP contribution in [-0.4, -0.2) is 90.8 Å². The van der Waals surface area contributed by atoms with E-state index in [-0.39, 0.29) is 13.4 Å². The van der Waals surface area contributed by atoms with Crippen LogP contribution in [0.2, 0.25) is 0 Å². The third kappa shape index (κ3) is 7.56. The zero-order valence-corrected chi connectivity index (χ0v) is 22.5. The van der Waals surface area contributed by atoms with E-state index >= 15 is 0 Å². The van der Waals surface area contributed by atoms with Crippen LogP contribution in [0.4, 0.5) is 21.1 Å². The van der Waals surface area contributed by atoms with Gasteiger partial charge >= 0.3 is 12.1 Å². The Morgan fingerprint density at radius 2 is 1.72 bits per heavy atom. The number of urea groups is 1. The summed E-state index contributed by atoms with van der Waals surface area (Å²) in [4.78, 5) is 48.3. The number of imide groups is 1. The Hall–Kier alpha value is -2.88. The number of amides is 4. The van der Waals surface area contributed by atoms with Gasteiger partial charge in [-0.15, -0.1) is 0 Å². The fraction of sp³-hybridized carbons (Fsp3) is 0.692. The van der Waals surface area contributed by atoms with E-state index in [1.807, 2.05) is 51.7 Å². The molecule has 0 unspecified atom stereocenters. The molecule has 36 heavy (non-hydrogen) atoms. The molecular formula is C26H44N6O4. The summed E-state index contributed by atoms with van der Waals surface area (Å²) < 4.78 is 5.49. The number of carbonyl (C=O) groups excluding carboxylic acids is 3. The number of hydrogen-bond acceptors (Lipinski definition) is 7. The van der Waals surface area contributed by atoms with Crippen LogP contribution in [0.1, 0.15) is 55.3 Å². The predicted molar refractivity (Wildman–Crippen MR) is 142 cm³/mol. The van der Waals surface area contributed by atoms with Crippen LogP contribution in [-0.2, 0) is 9.53 Å². The molecule has 10 heteroatoms. The van der Waals surface area contributed by atoms with Gasteiger partial charge in [0, 0.05) is 60.2 Å². The van der Waals surface area contributed by atoms with Gasteiger partial charge in [-0.2, -0.15) is 0 Å². The van der Waals surface area contributed by atoms with Gasteiger partial charge in [0.1, 0.15) is 11.4 Å². The van der Waals surface area contributed by atoms with Crippen molar-refractivity contribution < 1.29 is 20.5 Å². The zero-order chi connectivity index (χ0) is 26.3. The maximum atomic E-state index is 12.3. The maximum Gasteiger partial charge on any atom is 0.410 e. The summed E-state index contributed by atoms with van der Waals surface area (Å²) in [5.41, 5.74) is 0.245. The smallest absolute Gasteiger partial charge is 0.410 e. The van der Waals surface area contributed by atoms with Gasteiger partial charge in [0.05, 0.1) is 11.9 Å². The van der Waals surface area contributed by atoms with E-state index < -0.39 is 11.6 Å². The van der Waals surface area contributed by atoms with Crippen molar-refractivity contribution in [1.29, 1.82) is 0 Å². The summed E-state index contributed by atoms with van der Waals surface area (Å²) in [6.07, 6.45) is 4.00. The third-order valence-electron chi connectivity index (χ3n) is 6.58. The van der Waals surface area contributed by atoms with Gasteiger partial charge < -0.3 is 14.5 Å². The van der Waals surface area contributed by atoms with Crippen molar-refractivity contribution >= 4 is 29.5 Å². The summed E-state index contributed by atoms with van der Waals surface area (Å²) in [6.45, 7) is 16.2. The van der Waals surface area contributed by atoms with Crippen LogP contribution in [0.15, 0.2) is 18.3 Å². The van der Waals surface area contributed by atoms with Gasteiger partial charge in [0.15, 0.2) is 0 Å². The number of piperazine rings is 1. The monoisotopic (exact) mass is 504 g/mol. The lowest BCUT2D eigenvalue weighted by molar-refractivity contribution is -0.120. The minimum atomic E-state index is -0.458. The first-order chi connectivity index (χ1) is 17.2. The number of ether oxygens (including phenoxy) is 1. The highest BCUT2D eigenvalue weighted by molar-refractivity contribution is 6.05. The number of nitrogens with one attached hydrogen (secondary N) is 1. The Balaban J connectivity index is 0.00000157. The number of pyridine rings is 1. The number of anilines is 2. The van der Waals surface area contributed by atoms with Crippen LogP contribution in [0.5, 0.6) is 0 Å². The van der Waals surface area contributed by atoms with E-state index in [2.05, 4.69) is 20.1 Å². The molecule has 4 heterocycles. The number of hydrogen-bond donors (Lipinski definition) is 1. The molecule has 4 rings (SSSR count). The second kappa shape index (κ2) is 12.4. The summed E-state index contributed by atoms with van der Waals surface area (Å²) in [5.74, 6) is 1.32. The largest absolute Gasteiger partial charge is 0.444 e. The van der Waals surface area contributed by atoms with E-state index in [1.165, 1.54) is 0 Å². The van der Waals surface area contributed by atoms with Gasteiger partial charge in [0.2, 0.25) is 5.91 Å². The summed E-state index contributed by atoms with van der Waals surface area (Å²) in [7, 11) is 0. The Morgan fingerprint density at radius 3 is 2.28 bits per heavy atom. The van der Waals surface area contributed by atoms with E-state index in [9.17, 15) is 14.4 Å². The van der Waals surface area contributed by atoms with Crippen molar-refractivity contribution in [2.45, 2.75) is 59.5 Å². The molecule has 0 aliphatic carbocycles. The molecule has 4 amide bonds. The van der Waals surface area contributed by atoms with Crippen molar-refractivity contribution in [1.82, 2.24) is 20.1 Å². The fourth-order valence-electron chi connectivity index (χ4n) is 4.68. The minimum Gasteiger partial charge on any atom is -0.444 e. The zero-order valence-electron chi connectivity index (χ0n) is 22.5. The molecule has 3 fully saturated rings. The highest BCUT2D eigenvalue weighted by Crippen LogP contribution is 2.25. The molecule has 202 valence electrons. The molecule has 10 nitrogen and oxygen atoms in total. The summed E-state index contributed by atoms with van der Waals surface area (Å²) >= 11 is 0. The highest BCUT2D eigenvalue weighted by atomic mass is 16.6. The molecular weight excluding hydrogens is 460 g/mol. The van der Waals surface area contributed by atoms with Crippen LogP contribution < -0.4 is 15.1 Å². The average molecular weight is 505 g/mol. The van der Waals surface area contributed by atoms with E-state index in [4.69, 9.17) is 4.74 Å². The molecule has 0 saturated carbocycles. The second-order valence-corrected chi connectivity index (χ2v) is 10.3. The lowest BCUT2D eigenvalue weighted by Gasteiger charge is -2.39. The molecule has 1 aromatic rings. The first kappa shape index (κ1) is 27.7. The Labute approximate surface area is 216 Å². The second-order valence-electron chi connectivity index (χ2n) is 10.3. The average Bonchev–Trinajstić information content (AvgIpc) is 2.85. The summed E-state index contributed by atoms with van der Waals surface area (Å²) in [5, 5.41) is 2.34. The Bertz CT molecular complexity index is 891. The number of nitrogens with zero attached hydrogens (tertiary/aromatic N) is 5. The first-order valence-electron chi connectivity index (χ1n) is 13.2. The Kier molecular flexibility index (Phi) is 9.53. The maximum absolute atomic E-state index is 12.3. The van der Waals surface area contributed by atoms with Gasteiger partial charge in [-0.1, -0.05) is 13.8 Å². The molecule has 0 radical (unpaired) electrons. The quantitative estimate of drug-likeness (QED) is 0.669. The van der Waals surface area contributed by atoms with E-state index in [0.717, 1.165) is 51.4 Å². The number of rotatable bonds is 4. The van der Waals surface area contributed by atoms with Crippen LogP contribution >= 0.6 is 0 Å². The van der Waals surface area contributed by atoms with Gasteiger partial charge in [0.25, 0.3) is 0 Å². The molecule has 0 atom stereocenters. The molecule has 0 aromatic carbocycles. The molecule has 3 aliphatic rings. The topological polar surface area (TPSA) is 98.3 Å². The minimum absolute atomic E-state index is 0. The predicted octanol–water partition coefficient (Wildman–Crippen LogP) is 3.57. The third-order valence-corrected chi connectivity index (χ3v) is 6.58. The fourth-order valence-corrected chi connectivity index (χ4v) is 4.68. The Morgan fingerprint density at radius 1 is 1.06 bits per heavy atom. The molecule has 0 bridgehead atoms. The molecule has 3 aliphatic heterocycles.